The summed E-state index contributed by atoms with van der Waals surface area (Å²) in [6.07, 6.45) is -3.42. The highest BCUT2D eigenvalue weighted by atomic mass is 79.9. The molecule has 0 bridgehead atoms. The fourth-order valence-corrected chi connectivity index (χ4v) is 3.77. The summed E-state index contributed by atoms with van der Waals surface area (Å²) >= 11 is 9.51. The highest BCUT2D eigenvalue weighted by Crippen LogP contribution is 2.32. The van der Waals surface area contributed by atoms with Gasteiger partial charge in [0, 0.05) is 26.9 Å². The molecule has 5 nitrogen and oxygen atoms in total. The molecule has 4 rings (SSSR count). The Morgan fingerprint density at radius 2 is 1.83 bits per heavy atom. The van der Waals surface area contributed by atoms with Crippen molar-refractivity contribution in [2.75, 3.05) is 0 Å². The molecule has 3 heterocycles. The molecule has 10 heteroatoms. The lowest BCUT2D eigenvalue weighted by molar-refractivity contribution is -0.141. The number of nitrogens with zero attached hydrogens (tertiary/aromatic N) is 4. The molecule has 0 atom stereocenters. The molecule has 1 aromatic carbocycles. The second kappa shape index (κ2) is 7.55. The molecule has 0 aliphatic rings. The van der Waals surface area contributed by atoms with Crippen molar-refractivity contribution in [2.24, 2.45) is 0 Å². The van der Waals surface area contributed by atoms with Crippen LogP contribution in [0.25, 0.3) is 16.8 Å². The summed E-state index contributed by atoms with van der Waals surface area (Å²) in [6.45, 7) is 1.78. The maximum Gasteiger partial charge on any atom is 0.433 e. The maximum absolute atomic E-state index is 12.8. The van der Waals surface area contributed by atoms with E-state index in [1.165, 1.54) is 15.1 Å². The minimum atomic E-state index is -4.51. The first kappa shape index (κ1) is 20.6. The van der Waals surface area contributed by atoms with Crippen LogP contribution < -0.4 is 5.69 Å². The number of hydrogen-bond acceptors (Lipinski definition) is 3. The van der Waals surface area contributed by atoms with Crippen LogP contribution in [0.5, 0.6) is 0 Å². The summed E-state index contributed by atoms with van der Waals surface area (Å²) in [5, 5.41) is 4.96. The fourth-order valence-electron chi connectivity index (χ4n) is 3.12. The van der Waals surface area contributed by atoms with Crippen molar-refractivity contribution >= 4 is 33.2 Å². The van der Waals surface area contributed by atoms with Crippen molar-refractivity contribution in [2.45, 2.75) is 19.6 Å². The topological polar surface area (TPSA) is 52.2 Å². The lowest BCUT2D eigenvalue weighted by Gasteiger charge is -2.09. The van der Waals surface area contributed by atoms with E-state index in [-0.39, 0.29) is 6.54 Å². The second-order valence-electron chi connectivity index (χ2n) is 6.65. The van der Waals surface area contributed by atoms with Gasteiger partial charge >= 0.3 is 11.9 Å². The first-order valence-corrected chi connectivity index (χ1v) is 9.89. The molecule has 0 spiro atoms. The highest BCUT2D eigenvalue weighted by molar-refractivity contribution is 9.10. The van der Waals surface area contributed by atoms with Gasteiger partial charge in [-0.25, -0.2) is 13.9 Å². The third-order valence-corrected chi connectivity index (χ3v) is 5.88. The van der Waals surface area contributed by atoms with Crippen LogP contribution in [0.4, 0.5) is 13.2 Å². The highest BCUT2D eigenvalue weighted by Gasteiger charge is 2.32. The van der Waals surface area contributed by atoms with Gasteiger partial charge in [-0.3, -0.25) is 4.98 Å². The van der Waals surface area contributed by atoms with Gasteiger partial charge in [0.1, 0.15) is 5.69 Å². The van der Waals surface area contributed by atoms with Crippen LogP contribution in [0.2, 0.25) is 5.02 Å². The normalized spacial score (nSPS) is 11.9. The lowest BCUT2D eigenvalue weighted by atomic mass is 10.1. The van der Waals surface area contributed by atoms with Gasteiger partial charge in [-0.15, -0.1) is 5.10 Å². The minimum Gasteiger partial charge on any atom is -0.251 e. The number of benzene rings is 1. The van der Waals surface area contributed by atoms with Crippen molar-refractivity contribution in [1.82, 2.24) is 19.2 Å². The number of fused-ring (bicyclic) bond motifs is 1. The molecule has 0 radical (unpaired) electrons. The van der Waals surface area contributed by atoms with E-state index in [9.17, 15) is 18.0 Å². The molecule has 154 valence electrons. The molecule has 0 fully saturated rings. The van der Waals surface area contributed by atoms with Crippen LogP contribution in [0.3, 0.4) is 0 Å². The summed E-state index contributed by atoms with van der Waals surface area (Å²) in [5.74, 6) is 0. The molecule has 0 aliphatic heterocycles. The first-order valence-electron chi connectivity index (χ1n) is 8.72. The summed E-state index contributed by atoms with van der Waals surface area (Å²) in [7, 11) is 0. The van der Waals surface area contributed by atoms with E-state index in [2.05, 4.69) is 26.0 Å². The van der Waals surface area contributed by atoms with Gasteiger partial charge < -0.3 is 0 Å². The minimum absolute atomic E-state index is 0.00100. The molecule has 0 aliphatic carbocycles. The number of aromatic nitrogens is 4. The third kappa shape index (κ3) is 3.75. The van der Waals surface area contributed by atoms with E-state index in [4.69, 9.17) is 11.6 Å². The molecule has 3 aromatic heterocycles. The Kier molecular flexibility index (Phi) is 5.19. The summed E-state index contributed by atoms with van der Waals surface area (Å²) in [4.78, 5) is 16.3. The molecule has 0 unspecified atom stereocenters. The molecule has 4 aromatic rings. The SMILES string of the molecule is Cc1c(Br)c(-c2ccc(Cl)cc2)cc2nn(Cc3ccc(C(F)(F)F)nc3)c(=O)n12. The average molecular weight is 498 g/mol. The second-order valence-corrected chi connectivity index (χ2v) is 7.88. The van der Waals surface area contributed by atoms with Gasteiger partial charge in [0.25, 0.3) is 0 Å². The van der Waals surface area contributed by atoms with Crippen LogP contribution in [0.15, 0.2) is 57.9 Å². The number of hydrogen-bond donors (Lipinski definition) is 0. The van der Waals surface area contributed by atoms with Gasteiger partial charge in [-0.05, 0) is 58.2 Å². The number of halogens is 5. The zero-order chi connectivity index (χ0) is 21.6. The zero-order valence-corrected chi connectivity index (χ0v) is 17.8. The molecule has 0 N–H and O–H groups in total. The van der Waals surface area contributed by atoms with E-state index in [0.29, 0.717) is 21.9 Å². The van der Waals surface area contributed by atoms with E-state index in [1.54, 1.807) is 25.1 Å². The summed E-state index contributed by atoms with van der Waals surface area (Å²) in [5.41, 5.74) is 1.86. The van der Waals surface area contributed by atoms with Gasteiger partial charge in [-0.1, -0.05) is 29.8 Å². The Bertz CT molecular complexity index is 1300. The predicted molar refractivity (Wildman–Crippen MR) is 111 cm³/mol. The van der Waals surface area contributed by atoms with Crippen molar-refractivity contribution in [3.63, 3.8) is 0 Å². The lowest BCUT2D eigenvalue weighted by Crippen LogP contribution is -2.23. The van der Waals surface area contributed by atoms with Crippen molar-refractivity contribution in [3.05, 3.63) is 85.6 Å². The van der Waals surface area contributed by atoms with E-state index in [0.717, 1.165) is 27.9 Å². The van der Waals surface area contributed by atoms with Gasteiger partial charge in [0.05, 0.1) is 6.54 Å². The first-order chi connectivity index (χ1) is 14.1. The number of pyridine rings is 2. The van der Waals surface area contributed by atoms with Crippen LogP contribution in [-0.2, 0) is 12.7 Å². The molecule has 30 heavy (non-hydrogen) atoms. The quantitative estimate of drug-likeness (QED) is 0.383. The number of alkyl halides is 3. The van der Waals surface area contributed by atoms with Crippen molar-refractivity contribution < 1.29 is 13.2 Å². The Hall–Kier alpha value is -2.65. The molecule has 0 amide bonds. The number of aryl methyl sites for hydroxylation is 1. The Morgan fingerprint density at radius 1 is 1.13 bits per heavy atom. The van der Waals surface area contributed by atoms with Crippen LogP contribution >= 0.6 is 27.5 Å². The predicted octanol–water partition coefficient (Wildman–Crippen LogP) is 5.35. The number of rotatable bonds is 3. The van der Waals surface area contributed by atoms with E-state index >= 15 is 0 Å². The van der Waals surface area contributed by atoms with Gasteiger partial charge in [0.15, 0.2) is 5.65 Å². The fraction of sp³-hybridized carbons (Fsp3) is 0.150. The zero-order valence-electron chi connectivity index (χ0n) is 15.4. The Morgan fingerprint density at radius 3 is 2.43 bits per heavy atom. The van der Waals surface area contributed by atoms with Crippen molar-refractivity contribution in [1.29, 1.82) is 0 Å². The summed E-state index contributed by atoms with van der Waals surface area (Å²) < 4.78 is 41.4. The third-order valence-electron chi connectivity index (χ3n) is 4.63. The van der Waals surface area contributed by atoms with E-state index in [1.807, 2.05) is 12.1 Å². The molecular formula is C20H13BrClF3N4O. The Balaban J connectivity index is 1.76. The standard InChI is InChI=1S/C20H13BrClF3N4O/c1-11-18(21)15(13-3-5-14(22)6-4-13)8-17-27-28(19(30)29(11)17)10-12-2-7-16(26-9-12)20(23,24)25/h2-9H,10H2,1H3. The van der Waals surface area contributed by atoms with Gasteiger partial charge in [0.2, 0.25) is 0 Å². The molecule has 0 saturated heterocycles. The van der Waals surface area contributed by atoms with Crippen molar-refractivity contribution in [3.8, 4) is 11.1 Å². The van der Waals surface area contributed by atoms with Gasteiger partial charge in [-0.2, -0.15) is 13.2 Å². The smallest absolute Gasteiger partial charge is 0.251 e. The largest absolute Gasteiger partial charge is 0.433 e. The van der Waals surface area contributed by atoms with E-state index < -0.39 is 17.6 Å². The molecule has 0 saturated carbocycles. The van der Waals surface area contributed by atoms with Crippen LogP contribution in [0, 0.1) is 6.92 Å². The van der Waals surface area contributed by atoms with Crippen LogP contribution in [0.1, 0.15) is 17.0 Å². The van der Waals surface area contributed by atoms with Crippen LogP contribution in [-0.4, -0.2) is 19.2 Å². The Labute approximate surface area is 181 Å². The maximum atomic E-state index is 12.8. The monoisotopic (exact) mass is 496 g/mol. The average Bonchev–Trinajstić information content (AvgIpc) is 3.00. The molecular weight excluding hydrogens is 485 g/mol. The summed E-state index contributed by atoms with van der Waals surface area (Å²) in [6, 6.07) is 11.2.